The molecule has 3 aromatic rings. The smallest absolute Gasteiger partial charge is 0.261 e. The summed E-state index contributed by atoms with van der Waals surface area (Å²) in [5.74, 6) is 0.800. The summed E-state index contributed by atoms with van der Waals surface area (Å²) in [7, 11) is 5.30. The van der Waals surface area contributed by atoms with E-state index in [-0.39, 0.29) is 11.5 Å². The van der Waals surface area contributed by atoms with Crippen molar-refractivity contribution < 1.29 is 18.7 Å². The lowest BCUT2D eigenvalue weighted by Crippen LogP contribution is -2.19. The van der Waals surface area contributed by atoms with Gasteiger partial charge in [0.25, 0.3) is 5.65 Å². The van der Waals surface area contributed by atoms with Crippen molar-refractivity contribution in [2.45, 2.75) is 6.92 Å². The minimum Gasteiger partial charge on any atom is -0.493 e. The molecule has 1 aliphatic rings. The van der Waals surface area contributed by atoms with Crippen molar-refractivity contribution in [2.75, 3.05) is 19.5 Å². The standard InChI is InChI=1S/C25H23FN3O3P/c1-15-12-17-13-22(31-2)23(32-3)14-19(17)24(28-29(15)25(30)33)16-8-10-18(11-9-16)27-21-7-5-4-6-20(21)26/h4-14,27H,33H2,1-3H3. The molecule has 6 nitrogen and oxygen atoms in total. The molecule has 0 bridgehead atoms. The van der Waals surface area contributed by atoms with Crippen LogP contribution in [0.25, 0.3) is 6.08 Å². The fourth-order valence-electron chi connectivity index (χ4n) is 3.60. The van der Waals surface area contributed by atoms with Gasteiger partial charge in [0.1, 0.15) is 5.82 Å². The molecule has 3 aromatic carbocycles. The van der Waals surface area contributed by atoms with Crippen molar-refractivity contribution in [3.63, 3.8) is 0 Å². The number of hydrogen-bond acceptors (Lipinski definition) is 5. The lowest BCUT2D eigenvalue weighted by atomic mass is 9.96. The largest absolute Gasteiger partial charge is 0.493 e. The SMILES string of the molecule is COc1cc2c(cc1OC)C(c1ccc(Nc3ccccc3F)cc1)=NN(C(=O)P)C(C)=C2. The van der Waals surface area contributed by atoms with Crippen molar-refractivity contribution in [3.05, 3.63) is 88.9 Å². The first-order chi connectivity index (χ1) is 15.9. The molecule has 1 atom stereocenters. The van der Waals surface area contributed by atoms with Crippen molar-refractivity contribution in [1.29, 1.82) is 0 Å². The molecule has 0 radical (unpaired) electrons. The van der Waals surface area contributed by atoms with Gasteiger partial charge in [-0.05, 0) is 64.2 Å². The Morgan fingerprint density at radius 3 is 2.33 bits per heavy atom. The van der Waals surface area contributed by atoms with E-state index in [1.54, 1.807) is 32.4 Å². The second kappa shape index (κ2) is 9.43. The Bertz CT molecular complexity index is 1270. The average Bonchev–Trinajstić information content (AvgIpc) is 2.95. The van der Waals surface area contributed by atoms with Gasteiger partial charge in [0, 0.05) is 22.5 Å². The molecule has 4 rings (SSSR count). The number of nitrogens with zero attached hydrogens (tertiary/aromatic N) is 2. The molecule has 8 heteroatoms. The van der Waals surface area contributed by atoms with E-state index in [1.165, 1.54) is 11.1 Å². The minimum absolute atomic E-state index is 0.286. The average molecular weight is 463 g/mol. The summed E-state index contributed by atoms with van der Waals surface area (Å²) in [6.07, 6.45) is 1.88. The third-order valence-electron chi connectivity index (χ3n) is 5.23. The van der Waals surface area contributed by atoms with Gasteiger partial charge in [-0.25, -0.2) is 9.40 Å². The lowest BCUT2D eigenvalue weighted by molar-refractivity contribution is 0.237. The van der Waals surface area contributed by atoms with Crippen LogP contribution >= 0.6 is 9.24 Å². The Hall–Kier alpha value is -3.70. The topological polar surface area (TPSA) is 63.2 Å². The van der Waals surface area contributed by atoms with Gasteiger partial charge in [-0.15, -0.1) is 0 Å². The zero-order valence-electron chi connectivity index (χ0n) is 18.4. The lowest BCUT2D eigenvalue weighted by Gasteiger charge is -2.16. The number of methoxy groups -OCH3 is 2. The number of amides is 1. The number of fused-ring (bicyclic) bond motifs is 1. The van der Waals surface area contributed by atoms with E-state index in [1.807, 2.05) is 49.4 Å². The van der Waals surface area contributed by atoms with Crippen LogP contribution in [-0.4, -0.2) is 30.6 Å². The van der Waals surface area contributed by atoms with Gasteiger partial charge in [-0.1, -0.05) is 24.3 Å². The van der Waals surface area contributed by atoms with Gasteiger partial charge < -0.3 is 14.8 Å². The first-order valence-electron chi connectivity index (χ1n) is 10.2. The van der Waals surface area contributed by atoms with Gasteiger partial charge in [0.05, 0.1) is 25.6 Å². The van der Waals surface area contributed by atoms with Gasteiger partial charge in [-0.2, -0.15) is 5.10 Å². The first-order valence-corrected chi connectivity index (χ1v) is 10.7. The molecule has 168 valence electrons. The van der Waals surface area contributed by atoms with Crippen LogP contribution in [0.1, 0.15) is 23.6 Å². The van der Waals surface area contributed by atoms with Crippen LogP contribution < -0.4 is 14.8 Å². The number of ether oxygens (including phenoxy) is 2. The van der Waals surface area contributed by atoms with Crippen molar-refractivity contribution in [1.82, 2.24) is 5.01 Å². The van der Waals surface area contributed by atoms with Gasteiger partial charge in [-0.3, -0.25) is 4.79 Å². The highest BCUT2D eigenvalue weighted by Crippen LogP contribution is 2.35. The molecule has 1 aliphatic heterocycles. The number of nitrogens with one attached hydrogen (secondary N) is 1. The minimum atomic E-state index is -0.333. The van der Waals surface area contributed by atoms with E-state index in [0.29, 0.717) is 28.6 Å². The summed E-state index contributed by atoms with van der Waals surface area (Å²) < 4.78 is 24.9. The van der Waals surface area contributed by atoms with Crippen LogP contribution in [0.15, 0.2) is 71.5 Å². The van der Waals surface area contributed by atoms with Crippen LogP contribution in [0.5, 0.6) is 11.5 Å². The number of carbonyl (C=O) groups is 1. The number of benzene rings is 3. The highest BCUT2D eigenvalue weighted by molar-refractivity contribution is 7.39. The van der Waals surface area contributed by atoms with E-state index < -0.39 is 0 Å². The second-order valence-corrected chi connectivity index (χ2v) is 7.85. The predicted molar refractivity (Wildman–Crippen MR) is 132 cm³/mol. The summed E-state index contributed by atoms with van der Waals surface area (Å²) >= 11 is 0. The summed E-state index contributed by atoms with van der Waals surface area (Å²) in [4.78, 5) is 12.3. The van der Waals surface area contributed by atoms with Gasteiger partial charge >= 0.3 is 0 Å². The Morgan fingerprint density at radius 2 is 1.70 bits per heavy atom. The van der Waals surface area contributed by atoms with Gasteiger partial charge in [0.15, 0.2) is 11.5 Å². The molecule has 0 aliphatic carbocycles. The van der Waals surface area contributed by atoms with E-state index in [4.69, 9.17) is 9.47 Å². The number of carbonyl (C=O) groups excluding carboxylic acids is 1. The third kappa shape index (κ3) is 4.59. The fraction of sp³-hybridized carbons (Fsp3) is 0.120. The van der Waals surface area contributed by atoms with E-state index in [2.05, 4.69) is 19.7 Å². The molecule has 1 heterocycles. The number of rotatable bonds is 5. The quantitative estimate of drug-likeness (QED) is 0.471. The summed E-state index contributed by atoms with van der Waals surface area (Å²) in [5.41, 5.74) is 4.48. The zero-order chi connectivity index (χ0) is 23.5. The van der Waals surface area contributed by atoms with Crippen LogP contribution in [-0.2, 0) is 0 Å². The molecule has 33 heavy (non-hydrogen) atoms. The highest BCUT2D eigenvalue weighted by atomic mass is 31.0. The Labute approximate surface area is 193 Å². The number of allylic oxidation sites excluding steroid dienone is 1. The summed E-state index contributed by atoms with van der Waals surface area (Å²) in [6, 6.07) is 17.6. The zero-order valence-corrected chi connectivity index (χ0v) is 19.6. The molecular formula is C25H23FN3O3P. The van der Waals surface area contributed by atoms with Crippen molar-refractivity contribution in [2.24, 2.45) is 5.10 Å². The van der Waals surface area contributed by atoms with Crippen LogP contribution in [0.3, 0.4) is 0 Å². The van der Waals surface area contributed by atoms with E-state index in [9.17, 15) is 9.18 Å². The maximum atomic E-state index is 14.0. The Kier molecular flexibility index (Phi) is 6.43. The fourth-order valence-corrected chi connectivity index (χ4v) is 3.87. The molecule has 1 N–H and O–H groups in total. The van der Waals surface area contributed by atoms with Crippen molar-refractivity contribution >= 4 is 38.1 Å². The molecule has 0 saturated carbocycles. The molecule has 1 unspecified atom stereocenters. The van der Waals surface area contributed by atoms with E-state index >= 15 is 0 Å². The molecule has 1 amide bonds. The normalized spacial score (nSPS) is 12.8. The van der Waals surface area contributed by atoms with Crippen LogP contribution in [0.2, 0.25) is 0 Å². The molecule has 0 saturated heterocycles. The maximum absolute atomic E-state index is 14.0. The molecule has 0 fully saturated rings. The second-order valence-electron chi connectivity index (χ2n) is 7.36. The number of hydrazone groups is 1. The molecular weight excluding hydrogens is 440 g/mol. The van der Waals surface area contributed by atoms with Gasteiger partial charge in [0.2, 0.25) is 0 Å². The summed E-state index contributed by atoms with van der Waals surface area (Å²) in [5, 5.41) is 9.07. The number of halogens is 1. The number of anilines is 2. The van der Waals surface area contributed by atoms with Crippen LogP contribution in [0, 0.1) is 5.82 Å². The molecule has 0 spiro atoms. The highest BCUT2D eigenvalue weighted by Gasteiger charge is 2.23. The third-order valence-corrected chi connectivity index (χ3v) is 5.47. The predicted octanol–water partition coefficient (Wildman–Crippen LogP) is 6.01. The molecule has 0 aromatic heterocycles. The van der Waals surface area contributed by atoms with Crippen molar-refractivity contribution in [3.8, 4) is 11.5 Å². The Morgan fingerprint density at radius 1 is 1.03 bits per heavy atom. The number of hydrogen-bond donors (Lipinski definition) is 1. The van der Waals surface area contributed by atoms with Crippen LogP contribution in [0.4, 0.5) is 20.6 Å². The first kappa shape index (κ1) is 22.5. The Balaban J connectivity index is 1.79. The maximum Gasteiger partial charge on any atom is 0.261 e. The van der Waals surface area contributed by atoms with E-state index in [0.717, 1.165) is 22.4 Å². The number of para-hydroxylation sites is 1. The summed E-state index contributed by atoms with van der Waals surface area (Å²) in [6.45, 7) is 1.82. The monoisotopic (exact) mass is 463 g/mol.